The van der Waals surface area contributed by atoms with E-state index in [-0.39, 0.29) is 18.1 Å². The van der Waals surface area contributed by atoms with Gasteiger partial charge in [-0.25, -0.2) is 0 Å². The van der Waals surface area contributed by atoms with E-state index in [2.05, 4.69) is 10.4 Å². The zero-order chi connectivity index (χ0) is 20.9. The molecule has 2 aliphatic heterocycles. The molecule has 29 heavy (non-hydrogen) atoms. The third-order valence-corrected chi connectivity index (χ3v) is 6.41. The summed E-state index contributed by atoms with van der Waals surface area (Å²) in [5.41, 5.74) is 2.86. The summed E-state index contributed by atoms with van der Waals surface area (Å²) in [6, 6.07) is 5.27. The number of nitrogens with one attached hydrogen (secondary N) is 1. The molecule has 7 nitrogen and oxygen atoms in total. The van der Waals surface area contributed by atoms with Gasteiger partial charge >= 0.3 is 5.97 Å². The van der Waals surface area contributed by atoms with Crippen LogP contribution in [0.15, 0.2) is 18.2 Å². The number of hydrogen-bond donors (Lipinski definition) is 2. The highest BCUT2D eigenvalue weighted by Gasteiger charge is 2.55. The van der Waals surface area contributed by atoms with Crippen molar-refractivity contribution >= 4 is 40.8 Å². The third kappa shape index (κ3) is 3.63. The molecule has 4 atom stereocenters. The van der Waals surface area contributed by atoms with E-state index in [1.54, 1.807) is 23.7 Å². The average molecular weight is 438 g/mol. The van der Waals surface area contributed by atoms with E-state index >= 15 is 0 Å². The predicted octanol–water partition coefficient (Wildman–Crippen LogP) is 3.67. The molecule has 2 aromatic rings. The topological polar surface area (TPSA) is 93.5 Å². The van der Waals surface area contributed by atoms with Crippen LogP contribution >= 0.6 is 23.2 Å². The van der Waals surface area contributed by atoms with Crippen LogP contribution in [0, 0.1) is 25.7 Å². The van der Waals surface area contributed by atoms with E-state index in [0.717, 1.165) is 11.3 Å². The van der Waals surface area contributed by atoms with Crippen LogP contribution in [0.5, 0.6) is 0 Å². The number of amides is 1. The fourth-order valence-electron chi connectivity index (χ4n) is 4.37. The van der Waals surface area contributed by atoms with Crippen LogP contribution in [0.2, 0.25) is 10.0 Å². The van der Waals surface area contributed by atoms with Crippen LogP contribution in [0.4, 0.5) is 5.69 Å². The summed E-state index contributed by atoms with van der Waals surface area (Å²) >= 11 is 12.2. The molecule has 2 bridgehead atoms. The molecule has 9 heteroatoms. The Morgan fingerprint density at radius 1 is 1.24 bits per heavy atom. The molecule has 0 unspecified atom stereocenters. The number of aryl methyl sites for hydroxylation is 1. The maximum atomic E-state index is 13.0. The van der Waals surface area contributed by atoms with Gasteiger partial charge in [0.25, 0.3) is 0 Å². The van der Waals surface area contributed by atoms with E-state index < -0.39 is 17.8 Å². The molecule has 0 saturated carbocycles. The van der Waals surface area contributed by atoms with Gasteiger partial charge in [-0.05, 0) is 44.4 Å². The van der Waals surface area contributed by atoms with Crippen molar-refractivity contribution in [2.75, 3.05) is 5.32 Å². The minimum atomic E-state index is -0.987. The second-order valence-corrected chi connectivity index (χ2v) is 8.45. The zero-order valence-electron chi connectivity index (χ0n) is 16.0. The molecular weight excluding hydrogens is 417 g/mol. The smallest absolute Gasteiger partial charge is 0.310 e. The van der Waals surface area contributed by atoms with Crippen LogP contribution in [-0.4, -0.2) is 39.0 Å². The van der Waals surface area contributed by atoms with Gasteiger partial charge in [0, 0.05) is 10.0 Å². The van der Waals surface area contributed by atoms with Crippen molar-refractivity contribution < 1.29 is 19.4 Å². The van der Waals surface area contributed by atoms with Crippen LogP contribution in [0.1, 0.15) is 29.8 Å². The summed E-state index contributed by atoms with van der Waals surface area (Å²) in [5.74, 6) is -2.82. The Kier molecular flexibility index (Phi) is 5.31. The van der Waals surface area contributed by atoms with Gasteiger partial charge < -0.3 is 15.2 Å². The van der Waals surface area contributed by atoms with Crippen molar-refractivity contribution in [3.05, 3.63) is 45.2 Å². The van der Waals surface area contributed by atoms with Crippen molar-refractivity contribution in [2.45, 2.75) is 45.4 Å². The lowest BCUT2D eigenvalue weighted by Crippen LogP contribution is -2.41. The zero-order valence-corrected chi connectivity index (χ0v) is 17.5. The summed E-state index contributed by atoms with van der Waals surface area (Å²) in [5, 5.41) is 18.1. The predicted molar refractivity (Wildman–Crippen MR) is 108 cm³/mol. The Balaban J connectivity index is 1.55. The van der Waals surface area contributed by atoms with Gasteiger partial charge in [-0.3, -0.25) is 14.3 Å². The number of anilines is 1. The molecular formula is C20H21Cl2N3O4. The number of carbonyl (C=O) groups is 2. The lowest BCUT2D eigenvalue weighted by molar-refractivity contribution is -0.147. The minimum Gasteiger partial charge on any atom is -0.481 e. The van der Waals surface area contributed by atoms with Gasteiger partial charge in [-0.1, -0.05) is 29.3 Å². The number of rotatable bonds is 5. The minimum absolute atomic E-state index is 0.333. The Morgan fingerprint density at radius 2 is 1.93 bits per heavy atom. The van der Waals surface area contributed by atoms with E-state index in [4.69, 9.17) is 27.9 Å². The normalized spacial score (nSPS) is 25.4. The summed E-state index contributed by atoms with van der Waals surface area (Å²) in [6.45, 7) is 4.08. The number of benzene rings is 1. The highest BCUT2D eigenvalue weighted by Crippen LogP contribution is 2.44. The average Bonchev–Trinajstić information content (AvgIpc) is 3.34. The van der Waals surface area contributed by atoms with E-state index in [1.165, 1.54) is 0 Å². The summed E-state index contributed by atoms with van der Waals surface area (Å²) in [4.78, 5) is 24.6. The van der Waals surface area contributed by atoms with E-state index in [1.807, 2.05) is 13.0 Å². The van der Waals surface area contributed by atoms with Crippen molar-refractivity contribution in [1.29, 1.82) is 0 Å². The monoisotopic (exact) mass is 437 g/mol. The first-order valence-corrected chi connectivity index (χ1v) is 10.2. The SMILES string of the molecule is Cc1nn(Cc2ccc(Cl)cc2Cl)c(C)c1NC(=O)[C@@H]1[C@@H](C(=O)O)[C@@H]2CC[C@H]1O2. The summed E-state index contributed by atoms with van der Waals surface area (Å²) in [7, 11) is 0. The van der Waals surface area contributed by atoms with Gasteiger partial charge in [0.1, 0.15) is 0 Å². The van der Waals surface area contributed by atoms with E-state index in [9.17, 15) is 14.7 Å². The molecule has 0 aliphatic carbocycles. The third-order valence-electron chi connectivity index (χ3n) is 5.83. The molecule has 1 aromatic heterocycles. The molecule has 2 saturated heterocycles. The summed E-state index contributed by atoms with van der Waals surface area (Å²) in [6.07, 6.45) is 0.664. The Hall–Kier alpha value is -2.09. The fourth-order valence-corrected chi connectivity index (χ4v) is 4.84. The standard InChI is InChI=1S/C20H21Cl2N3O4/c1-9-18(10(2)25(24-9)8-11-3-4-12(21)7-13(11)22)23-19(26)16-14-5-6-15(29-14)17(16)20(27)28/h3-4,7,14-17H,5-6,8H2,1-2H3,(H,23,26)(H,27,28)/t14-,15+,16+,17+/m1/s1. The van der Waals surface area contributed by atoms with Crippen LogP contribution in [-0.2, 0) is 20.9 Å². The fraction of sp³-hybridized carbons (Fsp3) is 0.450. The number of aromatic nitrogens is 2. The molecule has 3 heterocycles. The second kappa shape index (κ2) is 7.63. The van der Waals surface area contributed by atoms with Gasteiger partial charge in [-0.15, -0.1) is 0 Å². The molecule has 0 radical (unpaired) electrons. The Morgan fingerprint density at radius 3 is 2.59 bits per heavy atom. The molecule has 154 valence electrons. The molecule has 2 N–H and O–H groups in total. The van der Waals surface area contributed by atoms with Gasteiger partial charge in [-0.2, -0.15) is 5.10 Å². The molecule has 1 aromatic carbocycles. The number of halogens is 2. The van der Waals surface area contributed by atoms with Crippen LogP contribution in [0.3, 0.4) is 0 Å². The highest BCUT2D eigenvalue weighted by atomic mass is 35.5. The largest absolute Gasteiger partial charge is 0.481 e. The number of carbonyl (C=O) groups excluding carboxylic acids is 1. The second-order valence-electron chi connectivity index (χ2n) is 7.61. The maximum absolute atomic E-state index is 13.0. The maximum Gasteiger partial charge on any atom is 0.310 e. The molecule has 0 spiro atoms. The van der Waals surface area contributed by atoms with Crippen molar-refractivity contribution in [1.82, 2.24) is 9.78 Å². The molecule has 4 rings (SSSR count). The Bertz CT molecular complexity index is 990. The van der Waals surface area contributed by atoms with Crippen molar-refractivity contribution in [3.63, 3.8) is 0 Å². The first-order valence-electron chi connectivity index (χ1n) is 9.43. The van der Waals surface area contributed by atoms with Crippen molar-refractivity contribution in [2.24, 2.45) is 11.8 Å². The molecule has 1 amide bonds. The number of carboxylic acid groups (broad SMARTS) is 1. The molecule has 2 aliphatic rings. The Labute approximate surface area is 177 Å². The number of carboxylic acids is 1. The van der Waals surface area contributed by atoms with E-state index in [0.29, 0.717) is 40.8 Å². The number of hydrogen-bond acceptors (Lipinski definition) is 4. The van der Waals surface area contributed by atoms with Gasteiger partial charge in [0.05, 0.1) is 47.7 Å². The van der Waals surface area contributed by atoms with Gasteiger partial charge in [0.2, 0.25) is 5.91 Å². The van der Waals surface area contributed by atoms with Crippen LogP contribution < -0.4 is 5.32 Å². The first-order chi connectivity index (χ1) is 13.8. The first kappa shape index (κ1) is 20.2. The number of nitrogens with zero attached hydrogens (tertiary/aromatic N) is 2. The highest BCUT2D eigenvalue weighted by molar-refractivity contribution is 6.35. The number of aliphatic carboxylic acids is 1. The summed E-state index contributed by atoms with van der Waals surface area (Å²) < 4.78 is 7.45. The number of fused-ring (bicyclic) bond motifs is 2. The van der Waals surface area contributed by atoms with Gasteiger partial charge in [0.15, 0.2) is 0 Å². The number of ether oxygens (including phenoxy) is 1. The lowest BCUT2D eigenvalue weighted by Gasteiger charge is -2.23. The lowest BCUT2D eigenvalue weighted by atomic mass is 9.78. The van der Waals surface area contributed by atoms with Crippen LogP contribution in [0.25, 0.3) is 0 Å². The van der Waals surface area contributed by atoms with Crippen molar-refractivity contribution in [3.8, 4) is 0 Å². The molecule has 2 fully saturated rings. The quantitative estimate of drug-likeness (QED) is 0.743.